The third-order valence-corrected chi connectivity index (χ3v) is 4.84. The van der Waals surface area contributed by atoms with Crippen LogP contribution in [0.2, 0.25) is 0 Å². The summed E-state index contributed by atoms with van der Waals surface area (Å²) in [5.41, 5.74) is 14.3. The summed E-state index contributed by atoms with van der Waals surface area (Å²) in [6.07, 6.45) is 0. The second-order valence-electron chi connectivity index (χ2n) is 5.47. The van der Waals surface area contributed by atoms with Crippen LogP contribution in [0, 0.1) is 6.92 Å². The molecule has 1 unspecified atom stereocenters. The van der Waals surface area contributed by atoms with Crippen molar-refractivity contribution in [1.29, 1.82) is 0 Å². The molecule has 0 bridgehead atoms. The van der Waals surface area contributed by atoms with Gasteiger partial charge in [-0.1, -0.05) is 53.6 Å². The van der Waals surface area contributed by atoms with Gasteiger partial charge in [0.15, 0.2) is 5.17 Å². The molecule has 112 valence electrons. The molecular formula is C16H17N5S. The molecule has 0 saturated heterocycles. The Labute approximate surface area is 134 Å². The molecule has 1 aromatic carbocycles. The predicted octanol–water partition coefficient (Wildman–Crippen LogP) is 4.68. The van der Waals surface area contributed by atoms with Gasteiger partial charge in [0, 0.05) is 16.2 Å². The molecule has 0 spiro atoms. The van der Waals surface area contributed by atoms with E-state index in [4.69, 9.17) is 10.5 Å². The molecule has 2 heterocycles. The summed E-state index contributed by atoms with van der Waals surface area (Å²) in [6.45, 7) is 6.81. The molecule has 2 aliphatic rings. The van der Waals surface area contributed by atoms with Crippen molar-refractivity contribution >= 4 is 22.5 Å². The van der Waals surface area contributed by atoms with Gasteiger partial charge >= 0.3 is 0 Å². The fraction of sp³-hybridized carbons (Fsp3) is 0.312. The number of aryl methyl sites for hydroxylation is 1. The number of thioether (sulfide) groups is 1. The van der Waals surface area contributed by atoms with Crippen molar-refractivity contribution in [3.05, 3.63) is 62.6 Å². The van der Waals surface area contributed by atoms with E-state index in [2.05, 4.69) is 58.4 Å². The number of aliphatic imine (C=N–C) groups is 1. The van der Waals surface area contributed by atoms with Gasteiger partial charge in [-0.05, 0) is 30.4 Å². The van der Waals surface area contributed by atoms with Crippen LogP contribution in [-0.4, -0.2) is 22.7 Å². The van der Waals surface area contributed by atoms with Gasteiger partial charge in [0.05, 0.1) is 18.3 Å². The normalized spacial score (nSPS) is 18.4. The summed E-state index contributed by atoms with van der Waals surface area (Å²) >= 11 is 1.62. The van der Waals surface area contributed by atoms with E-state index in [1.54, 1.807) is 11.8 Å². The zero-order valence-electron chi connectivity index (χ0n) is 12.8. The molecule has 0 amide bonds. The molecule has 2 aliphatic heterocycles. The SMILES string of the molecule is CC1=CSC2=NC(C(C)N=[N+]=[N-])=C(c3ccc(C)cc3)CN12. The van der Waals surface area contributed by atoms with E-state index in [9.17, 15) is 0 Å². The first-order valence-electron chi connectivity index (χ1n) is 7.14. The van der Waals surface area contributed by atoms with Crippen LogP contribution in [0.15, 0.2) is 51.2 Å². The van der Waals surface area contributed by atoms with E-state index in [-0.39, 0.29) is 6.04 Å². The smallest absolute Gasteiger partial charge is 0.173 e. The molecule has 5 nitrogen and oxygen atoms in total. The molecule has 3 rings (SSSR count). The first kappa shape index (κ1) is 14.8. The molecule has 22 heavy (non-hydrogen) atoms. The van der Waals surface area contributed by atoms with Crippen LogP contribution < -0.4 is 0 Å². The number of rotatable bonds is 3. The van der Waals surface area contributed by atoms with Gasteiger partial charge in [-0.3, -0.25) is 0 Å². The Balaban J connectivity index is 2.10. The number of hydrogen-bond acceptors (Lipinski definition) is 4. The summed E-state index contributed by atoms with van der Waals surface area (Å²) < 4.78 is 0. The van der Waals surface area contributed by atoms with Crippen molar-refractivity contribution in [3.63, 3.8) is 0 Å². The van der Waals surface area contributed by atoms with E-state index in [0.717, 1.165) is 28.5 Å². The van der Waals surface area contributed by atoms with Crippen LogP contribution in [0.25, 0.3) is 16.0 Å². The summed E-state index contributed by atoms with van der Waals surface area (Å²) in [6, 6.07) is 8.13. The van der Waals surface area contributed by atoms with E-state index in [0.29, 0.717) is 0 Å². The Morgan fingerprint density at radius 2 is 2.05 bits per heavy atom. The van der Waals surface area contributed by atoms with Crippen LogP contribution >= 0.6 is 11.8 Å². The lowest BCUT2D eigenvalue weighted by atomic mass is 9.98. The minimum Gasteiger partial charge on any atom is -0.320 e. The maximum absolute atomic E-state index is 8.75. The second-order valence-corrected chi connectivity index (χ2v) is 6.30. The van der Waals surface area contributed by atoms with Crippen molar-refractivity contribution in [2.75, 3.05) is 6.54 Å². The van der Waals surface area contributed by atoms with Crippen molar-refractivity contribution < 1.29 is 0 Å². The van der Waals surface area contributed by atoms with Crippen LogP contribution in [-0.2, 0) is 0 Å². The zero-order chi connectivity index (χ0) is 15.7. The van der Waals surface area contributed by atoms with Gasteiger partial charge in [-0.25, -0.2) is 4.99 Å². The van der Waals surface area contributed by atoms with Gasteiger partial charge in [0.1, 0.15) is 0 Å². The molecule has 0 aliphatic carbocycles. The molecular weight excluding hydrogens is 294 g/mol. The molecule has 0 saturated carbocycles. The van der Waals surface area contributed by atoms with Crippen molar-refractivity contribution in [2.24, 2.45) is 10.1 Å². The molecule has 0 aromatic heterocycles. The highest BCUT2D eigenvalue weighted by molar-refractivity contribution is 8.16. The second kappa shape index (κ2) is 5.91. The quantitative estimate of drug-likeness (QED) is 0.462. The summed E-state index contributed by atoms with van der Waals surface area (Å²) in [5.74, 6) is 0. The predicted molar refractivity (Wildman–Crippen MR) is 92.2 cm³/mol. The number of azide groups is 1. The van der Waals surface area contributed by atoms with Crippen molar-refractivity contribution in [3.8, 4) is 0 Å². The monoisotopic (exact) mass is 311 g/mol. The number of benzene rings is 1. The lowest BCUT2D eigenvalue weighted by molar-refractivity contribution is 0.580. The minimum absolute atomic E-state index is 0.280. The largest absolute Gasteiger partial charge is 0.320 e. The standard InChI is InChI=1S/C16H17N5S/c1-10-4-6-13(7-5-10)14-8-21-11(2)9-22-16(21)18-15(14)12(3)19-20-17/h4-7,9,12H,8H2,1-3H3. The number of fused-ring (bicyclic) bond motifs is 1. The van der Waals surface area contributed by atoms with Gasteiger partial charge < -0.3 is 4.90 Å². The van der Waals surface area contributed by atoms with Gasteiger partial charge in [-0.2, -0.15) is 0 Å². The number of allylic oxidation sites excluding steroid dienone is 1. The van der Waals surface area contributed by atoms with E-state index in [1.807, 2.05) is 6.92 Å². The summed E-state index contributed by atoms with van der Waals surface area (Å²) in [4.78, 5) is 9.90. The maximum Gasteiger partial charge on any atom is 0.173 e. The highest BCUT2D eigenvalue weighted by Crippen LogP contribution is 2.36. The third-order valence-electron chi connectivity index (χ3n) is 3.85. The number of nitrogens with zero attached hydrogens (tertiary/aromatic N) is 5. The first-order chi connectivity index (χ1) is 10.6. The maximum atomic E-state index is 8.75. The fourth-order valence-corrected chi connectivity index (χ4v) is 3.47. The highest BCUT2D eigenvalue weighted by atomic mass is 32.2. The Kier molecular flexibility index (Phi) is 3.96. The molecule has 1 atom stereocenters. The fourth-order valence-electron chi connectivity index (χ4n) is 2.58. The van der Waals surface area contributed by atoms with Crippen LogP contribution in [0.4, 0.5) is 0 Å². The Morgan fingerprint density at radius 1 is 1.32 bits per heavy atom. The third kappa shape index (κ3) is 2.63. The lowest BCUT2D eigenvalue weighted by Gasteiger charge is -2.29. The molecule has 0 N–H and O–H groups in total. The lowest BCUT2D eigenvalue weighted by Crippen LogP contribution is -2.30. The van der Waals surface area contributed by atoms with Crippen LogP contribution in [0.1, 0.15) is 25.0 Å². The minimum atomic E-state index is -0.280. The molecule has 0 fully saturated rings. The van der Waals surface area contributed by atoms with Gasteiger partial charge in [0.2, 0.25) is 0 Å². The average molecular weight is 311 g/mol. The van der Waals surface area contributed by atoms with Crippen molar-refractivity contribution in [1.82, 2.24) is 4.90 Å². The topological polar surface area (TPSA) is 64.4 Å². The number of amidine groups is 1. The Morgan fingerprint density at radius 3 is 2.73 bits per heavy atom. The van der Waals surface area contributed by atoms with Crippen LogP contribution in [0.5, 0.6) is 0 Å². The summed E-state index contributed by atoms with van der Waals surface area (Å²) in [5, 5.41) is 6.91. The van der Waals surface area contributed by atoms with Crippen LogP contribution in [0.3, 0.4) is 0 Å². The van der Waals surface area contributed by atoms with E-state index < -0.39 is 0 Å². The Hall–Kier alpha value is -2.17. The van der Waals surface area contributed by atoms with Gasteiger partial charge in [-0.15, -0.1) is 0 Å². The van der Waals surface area contributed by atoms with E-state index >= 15 is 0 Å². The average Bonchev–Trinajstić information content (AvgIpc) is 2.88. The zero-order valence-corrected chi connectivity index (χ0v) is 13.6. The Bertz CT molecular complexity index is 738. The van der Waals surface area contributed by atoms with Gasteiger partial charge in [0.25, 0.3) is 0 Å². The summed E-state index contributed by atoms with van der Waals surface area (Å²) in [7, 11) is 0. The molecule has 0 radical (unpaired) electrons. The van der Waals surface area contributed by atoms with E-state index in [1.165, 1.54) is 11.3 Å². The first-order valence-corrected chi connectivity index (χ1v) is 8.02. The highest BCUT2D eigenvalue weighted by Gasteiger charge is 2.29. The number of hydrogen-bond donors (Lipinski definition) is 0. The molecule has 1 aromatic rings. The van der Waals surface area contributed by atoms with Crippen molar-refractivity contribution in [2.45, 2.75) is 26.8 Å². The molecule has 6 heteroatoms.